The van der Waals surface area contributed by atoms with Gasteiger partial charge in [-0.15, -0.1) is 0 Å². The number of carbonyl (C=O) groups is 2. The minimum Gasteiger partial charge on any atom is -0.486 e. The maximum Gasteiger partial charge on any atom is 0.296 e. The van der Waals surface area contributed by atoms with Gasteiger partial charge in [0, 0.05) is 33.9 Å². The van der Waals surface area contributed by atoms with Gasteiger partial charge in [0.25, 0.3) is 11.7 Å². The van der Waals surface area contributed by atoms with E-state index < -0.39 is 11.7 Å². The Kier molecular flexibility index (Phi) is 3.82. The molecule has 0 saturated heterocycles. The van der Waals surface area contributed by atoms with Crippen LogP contribution in [0.4, 0.5) is 5.69 Å². The van der Waals surface area contributed by atoms with E-state index in [1.807, 2.05) is 0 Å². The molecule has 6 nitrogen and oxygen atoms in total. The molecule has 3 aromatic rings. The third kappa shape index (κ3) is 2.92. The number of carbonyl (C=O) groups excluding carboxylic acids is 2. The molecule has 2 aromatic carbocycles. The number of halogens is 1. The number of Topliss-reactive ketones (excluding diaryl/α,β-unsaturated/α-hetero) is 1. The van der Waals surface area contributed by atoms with Crippen LogP contribution >= 0.6 is 11.6 Å². The van der Waals surface area contributed by atoms with E-state index in [2.05, 4.69) is 10.3 Å². The summed E-state index contributed by atoms with van der Waals surface area (Å²) in [5, 5.41) is 3.69. The zero-order valence-corrected chi connectivity index (χ0v) is 13.7. The molecule has 4 rings (SSSR count). The number of nitrogens with one attached hydrogen (secondary N) is 2. The van der Waals surface area contributed by atoms with Crippen LogP contribution < -0.4 is 14.8 Å². The Morgan fingerprint density at radius 2 is 1.84 bits per heavy atom. The van der Waals surface area contributed by atoms with Gasteiger partial charge in [-0.05, 0) is 30.3 Å². The number of H-pyrrole nitrogens is 1. The topological polar surface area (TPSA) is 80.4 Å². The SMILES string of the molecule is O=C(Nc1ccc2c(c1)OCCO2)C(=O)c1c[nH]c2ccc(Cl)cc12. The molecule has 126 valence electrons. The number of ether oxygens (including phenoxy) is 2. The minimum atomic E-state index is -0.738. The van der Waals surface area contributed by atoms with Crippen molar-refractivity contribution in [2.24, 2.45) is 0 Å². The third-order valence-electron chi connectivity index (χ3n) is 3.89. The summed E-state index contributed by atoms with van der Waals surface area (Å²) >= 11 is 5.98. The molecule has 1 amide bonds. The largest absolute Gasteiger partial charge is 0.486 e. The Labute approximate surface area is 147 Å². The van der Waals surface area contributed by atoms with Gasteiger partial charge in [-0.3, -0.25) is 9.59 Å². The van der Waals surface area contributed by atoms with E-state index in [0.717, 1.165) is 5.52 Å². The highest BCUT2D eigenvalue weighted by molar-refractivity contribution is 6.48. The Bertz CT molecular complexity index is 996. The quantitative estimate of drug-likeness (QED) is 0.556. The summed E-state index contributed by atoms with van der Waals surface area (Å²) in [4.78, 5) is 27.8. The van der Waals surface area contributed by atoms with Crippen molar-refractivity contribution in [1.29, 1.82) is 0 Å². The van der Waals surface area contributed by atoms with Crippen molar-refractivity contribution in [3.05, 3.63) is 53.2 Å². The summed E-state index contributed by atoms with van der Waals surface area (Å²) in [5.41, 5.74) is 1.47. The van der Waals surface area contributed by atoms with Crippen LogP contribution in [0.25, 0.3) is 10.9 Å². The number of ketones is 1. The van der Waals surface area contributed by atoms with Crippen molar-refractivity contribution in [2.45, 2.75) is 0 Å². The summed E-state index contributed by atoms with van der Waals surface area (Å²) in [6.45, 7) is 0.930. The van der Waals surface area contributed by atoms with Crippen molar-refractivity contribution in [1.82, 2.24) is 4.98 Å². The number of hydrogen-bond acceptors (Lipinski definition) is 4. The Morgan fingerprint density at radius 3 is 2.68 bits per heavy atom. The summed E-state index contributed by atoms with van der Waals surface area (Å²) < 4.78 is 10.9. The van der Waals surface area contributed by atoms with Crippen LogP contribution in [0.3, 0.4) is 0 Å². The highest BCUT2D eigenvalue weighted by Gasteiger charge is 2.21. The molecule has 25 heavy (non-hydrogen) atoms. The number of hydrogen-bond donors (Lipinski definition) is 2. The molecule has 7 heteroatoms. The lowest BCUT2D eigenvalue weighted by atomic mass is 10.1. The third-order valence-corrected chi connectivity index (χ3v) is 4.13. The maximum atomic E-state index is 12.5. The predicted molar refractivity (Wildman–Crippen MR) is 93.7 cm³/mol. The van der Waals surface area contributed by atoms with Crippen LogP contribution in [0.5, 0.6) is 11.5 Å². The van der Waals surface area contributed by atoms with Crippen molar-refractivity contribution < 1.29 is 19.1 Å². The summed E-state index contributed by atoms with van der Waals surface area (Å²) in [6.07, 6.45) is 1.51. The first kappa shape index (κ1) is 15.5. The lowest BCUT2D eigenvalue weighted by Gasteiger charge is -2.18. The van der Waals surface area contributed by atoms with E-state index in [1.165, 1.54) is 6.20 Å². The second kappa shape index (κ2) is 6.14. The van der Waals surface area contributed by atoms with Crippen molar-refractivity contribution in [2.75, 3.05) is 18.5 Å². The molecular weight excluding hydrogens is 344 g/mol. The van der Waals surface area contributed by atoms with E-state index in [4.69, 9.17) is 21.1 Å². The van der Waals surface area contributed by atoms with Gasteiger partial charge < -0.3 is 19.8 Å². The van der Waals surface area contributed by atoms with Crippen molar-refractivity contribution >= 4 is 39.9 Å². The van der Waals surface area contributed by atoms with Crippen LogP contribution in [0.15, 0.2) is 42.6 Å². The molecule has 2 N–H and O–H groups in total. The van der Waals surface area contributed by atoms with Gasteiger partial charge in [0.15, 0.2) is 11.5 Å². The average Bonchev–Trinajstić information content (AvgIpc) is 3.04. The van der Waals surface area contributed by atoms with Crippen LogP contribution in [0.1, 0.15) is 10.4 Å². The van der Waals surface area contributed by atoms with E-state index in [1.54, 1.807) is 36.4 Å². The lowest BCUT2D eigenvalue weighted by Crippen LogP contribution is -2.23. The van der Waals surface area contributed by atoms with Crippen LogP contribution in [-0.2, 0) is 4.79 Å². The summed E-state index contributed by atoms with van der Waals surface area (Å²) in [5.74, 6) is -0.238. The Balaban J connectivity index is 1.58. The first-order chi connectivity index (χ1) is 12.1. The fraction of sp³-hybridized carbons (Fsp3) is 0.111. The van der Waals surface area contributed by atoms with Gasteiger partial charge >= 0.3 is 0 Å². The highest BCUT2D eigenvalue weighted by Crippen LogP contribution is 2.32. The normalized spacial score (nSPS) is 12.8. The van der Waals surface area contributed by atoms with E-state index in [-0.39, 0.29) is 5.56 Å². The molecule has 1 aliphatic rings. The summed E-state index contributed by atoms with van der Waals surface area (Å²) in [7, 11) is 0. The molecule has 0 unspecified atom stereocenters. The Hall–Kier alpha value is -2.99. The van der Waals surface area contributed by atoms with Crippen LogP contribution in [0.2, 0.25) is 5.02 Å². The molecule has 1 aliphatic heterocycles. The number of benzene rings is 2. The Morgan fingerprint density at radius 1 is 1.04 bits per heavy atom. The van der Waals surface area contributed by atoms with Gasteiger partial charge in [0.1, 0.15) is 13.2 Å². The standard InChI is InChI=1S/C18H13ClN2O4/c19-10-1-3-14-12(7-10)13(9-20-14)17(22)18(23)21-11-2-4-15-16(8-11)25-6-5-24-15/h1-4,7-9,20H,5-6H2,(H,21,23). The molecule has 0 aliphatic carbocycles. The molecular formula is C18H13ClN2O4. The van der Waals surface area contributed by atoms with E-state index in [9.17, 15) is 9.59 Å². The minimum absolute atomic E-state index is 0.271. The number of amides is 1. The predicted octanol–water partition coefficient (Wildman–Crippen LogP) is 3.41. The second-order valence-corrected chi connectivity index (χ2v) is 5.97. The monoisotopic (exact) mass is 356 g/mol. The maximum absolute atomic E-state index is 12.5. The van der Waals surface area contributed by atoms with Gasteiger partial charge in [0.05, 0.1) is 5.56 Å². The first-order valence-electron chi connectivity index (χ1n) is 7.64. The lowest BCUT2D eigenvalue weighted by molar-refractivity contribution is -0.112. The molecule has 0 atom stereocenters. The van der Waals surface area contributed by atoms with Crippen molar-refractivity contribution in [3.8, 4) is 11.5 Å². The zero-order chi connectivity index (χ0) is 17.4. The second-order valence-electron chi connectivity index (χ2n) is 5.53. The van der Waals surface area contributed by atoms with Crippen molar-refractivity contribution in [3.63, 3.8) is 0 Å². The zero-order valence-electron chi connectivity index (χ0n) is 13.0. The number of fused-ring (bicyclic) bond motifs is 2. The molecule has 0 spiro atoms. The van der Waals surface area contributed by atoms with Gasteiger partial charge in [0.2, 0.25) is 0 Å². The number of aromatic nitrogens is 1. The number of anilines is 1. The average molecular weight is 357 g/mol. The molecule has 0 fully saturated rings. The molecule has 0 bridgehead atoms. The highest BCUT2D eigenvalue weighted by atomic mass is 35.5. The molecule has 0 saturated carbocycles. The number of aromatic amines is 1. The van der Waals surface area contributed by atoms with Crippen LogP contribution in [-0.4, -0.2) is 29.9 Å². The smallest absolute Gasteiger partial charge is 0.296 e. The molecule has 0 radical (unpaired) electrons. The van der Waals surface area contributed by atoms with E-state index in [0.29, 0.717) is 40.8 Å². The number of rotatable bonds is 3. The fourth-order valence-corrected chi connectivity index (χ4v) is 2.88. The van der Waals surface area contributed by atoms with Gasteiger partial charge in [-0.25, -0.2) is 0 Å². The fourth-order valence-electron chi connectivity index (χ4n) is 2.71. The van der Waals surface area contributed by atoms with Crippen LogP contribution in [0, 0.1) is 0 Å². The van der Waals surface area contributed by atoms with Gasteiger partial charge in [-0.1, -0.05) is 11.6 Å². The molecule has 1 aromatic heterocycles. The van der Waals surface area contributed by atoms with E-state index >= 15 is 0 Å². The summed E-state index contributed by atoms with van der Waals surface area (Å²) in [6, 6.07) is 10.1. The first-order valence-corrected chi connectivity index (χ1v) is 8.01. The van der Waals surface area contributed by atoms with Gasteiger partial charge in [-0.2, -0.15) is 0 Å². The molecule has 2 heterocycles.